The van der Waals surface area contributed by atoms with Crippen LogP contribution < -0.4 is 0 Å². The van der Waals surface area contributed by atoms with Crippen LogP contribution in [0.25, 0.3) is 0 Å². The van der Waals surface area contributed by atoms with Crippen molar-refractivity contribution in [3.05, 3.63) is 16.6 Å². The molecule has 1 rings (SSSR count). The van der Waals surface area contributed by atoms with Crippen molar-refractivity contribution in [2.24, 2.45) is 5.92 Å². The van der Waals surface area contributed by atoms with Gasteiger partial charge in [0.05, 0.1) is 5.51 Å². The van der Waals surface area contributed by atoms with Gasteiger partial charge >= 0.3 is 0 Å². The highest BCUT2D eigenvalue weighted by molar-refractivity contribution is 7.09. The molecule has 60 valence electrons. The summed E-state index contributed by atoms with van der Waals surface area (Å²) in [7, 11) is 0. The molecule has 0 N–H and O–H groups in total. The van der Waals surface area contributed by atoms with Gasteiger partial charge in [-0.1, -0.05) is 6.92 Å². The van der Waals surface area contributed by atoms with Gasteiger partial charge in [-0.3, -0.25) is 9.78 Å². The maximum absolute atomic E-state index is 10.9. The van der Waals surface area contributed by atoms with Crippen LogP contribution in [0.3, 0.4) is 0 Å². The summed E-state index contributed by atoms with van der Waals surface area (Å²) in [6.45, 7) is 3.58. The summed E-state index contributed by atoms with van der Waals surface area (Å²) in [5, 5.41) is 0. The highest BCUT2D eigenvalue weighted by Crippen LogP contribution is 2.12. The number of ketones is 1. The van der Waals surface area contributed by atoms with Gasteiger partial charge in [-0.15, -0.1) is 11.3 Å². The van der Waals surface area contributed by atoms with E-state index in [2.05, 4.69) is 4.98 Å². The molecule has 1 heterocycles. The van der Waals surface area contributed by atoms with Gasteiger partial charge in [0.25, 0.3) is 0 Å². The SMILES string of the molecule is CC(=O)C(C)Cc1cncs1. The third-order valence-corrected chi connectivity index (χ3v) is 2.49. The zero-order valence-electron chi connectivity index (χ0n) is 6.70. The molecule has 0 amide bonds. The van der Waals surface area contributed by atoms with Crippen LogP contribution in [0.1, 0.15) is 18.7 Å². The monoisotopic (exact) mass is 169 g/mol. The molecule has 0 radical (unpaired) electrons. The molecule has 0 aliphatic rings. The molecule has 0 saturated heterocycles. The molecule has 2 nitrogen and oxygen atoms in total. The second kappa shape index (κ2) is 3.62. The third kappa shape index (κ3) is 2.42. The van der Waals surface area contributed by atoms with Crippen molar-refractivity contribution in [2.45, 2.75) is 20.3 Å². The van der Waals surface area contributed by atoms with Crippen molar-refractivity contribution >= 4 is 17.1 Å². The van der Waals surface area contributed by atoms with E-state index in [1.807, 2.05) is 13.1 Å². The Balaban J connectivity index is 2.50. The van der Waals surface area contributed by atoms with Crippen LogP contribution in [0.2, 0.25) is 0 Å². The van der Waals surface area contributed by atoms with E-state index in [-0.39, 0.29) is 11.7 Å². The Morgan fingerprint density at radius 2 is 2.55 bits per heavy atom. The van der Waals surface area contributed by atoms with Crippen molar-refractivity contribution in [3.63, 3.8) is 0 Å². The Bertz CT molecular complexity index is 230. The second-order valence-electron chi connectivity index (χ2n) is 2.68. The van der Waals surface area contributed by atoms with Crippen molar-refractivity contribution in [1.29, 1.82) is 0 Å². The van der Waals surface area contributed by atoms with Gasteiger partial charge in [-0.05, 0) is 13.3 Å². The first kappa shape index (κ1) is 8.40. The largest absolute Gasteiger partial charge is 0.300 e. The van der Waals surface area contributed by atoms with Crippen LogP contribution >= 0.6 is 11.3 Å². The molecule has 1 atom stereocenters. The molecular weight excluding hydrogens is 158 g/mol. The molecule has 3 heteroatoms. The zero-order chi connectivity index (χ0) is 8.27. The van der Waals surface area contributed by atoms with Crippen LogP contribution in [0, 0.1) is 5.92 Å². The van der Waals surface area contributed by atoms with Crippen molar-refractivity contribution in [1.82, 2.24) is 4.98 Å². The number of hydrogen-bond donors (Lipinski definition) is 0. The molecule has 0 aliphatic carbocycles. The van der Waals surface area contributed by atoms with Crippen LogP contribution in [-0.2, 0) is 11.2 Å². The Morgan fingerprint density at radius 3 is 3.00 bits per heavy atom. The van der Waals surface area contributed by atoms with Crippen molar-refractivity contribution < 1.29 is 4.79 Å². The van der Waals surface area contributed by atoms with Gasteiger partial charge < -0.3 is 0 Å². The number of carbonyl (C=O) groups excluding carboxylic acids is 1. The Morgan fingerprint density at radius 1 is 1.82 bits per heavy atom. The summed E-state index contributed by atoms with van der Waals surface area (Å²) in [5.74, 6) is 0.383. The van der Waals surface area contributed by atoms with Crippen LogP contribution in [0.5, 0.6) is 0 Å². The van der Waals surface area contributed by atoms with E-state index >= 15 is 0 Å². The summed E-state index contributed by atoms with van der Waals surface area (Å²) in [4.78, 5) is 16.0. The number of carbonyl (C=O) groups is 1. The standard InChI is InChI=1S/C8H11NOS/c1-6(7(2)10)3-8-4-9-5-11-8/h4-6H,3H2,1-2H3. The average molecular weight is 169 g/mol. The van der Waals surface area contributed by atoms with Gasteiger partial charge in [0.15, 0.2) is 0 Å². The van der Waals surface area contributed by atoms with Crippen molar-refractivity contribution in [2.75, 3.05) is 0 Å². The topological polar surface area (TPSA) is 30.0 Å². The molecule has 0 bridgehead atoms. The number of nitrogens with zero attached hydrogens (tertiary/aromatic N) is 1. The minimum atomic E-state index is 0.135. The fourth-order valence-electron chi connectivity index (χ4n) is 0.788. The number of aromatic nitrogens is 1. The maximum atomic E-state index is 10.9. The Hall–Kier alpha value is -0.700. The third-order valence-electron chi connectivity index (χ3n) is 1.68. The molecule has 0 aromatic carbocycles. The van der Waals surface area contributed by atoms with Gasteiger partial charge in [0.1, 0.15) is 5.78 Å². The van der Waals surface area contributed by atoms with Crippen LogP contribution in [-0.4, -0.2) is 10.8 Å². The van der Waals surface area contributed by atoms with Gasteiger partial charge in [0, 0.05) is 17.0 Å². The summed E-state index contributed by atoms with van der Waals surface area (Å²) >= 11 is 1.61. The van der Waals surface area contributed by atoms with Crippen LogP contribution in [0.15, 0.2) is 11.7 Å². The van der Waals surface area contributed by atoms with E-state index in [0.717, 1.165) is 6.42 Å². The molecule has 0 saturated carbocycles. The highest BCUT2D eigenvalue weighted by Gasteiger charge is 2.08. The first-order chi connectivity index (χ1) is 5.20. The lowest BCUT2D eigenvalue weighted by molar-refractivity contribution is -0.120. The zero-order valence-corrected chi connectivity index (χ0v) is 7.52. The molecule has 11 heavy (non-hydrogen) atoms. The molecule has 1 aromatic heterocycles. The molecule has 1 aromatic rings. The maximum Gasteiger partial charge on any atom is 0.132 e. The van der Waals surface area contributed by atoms with Gasteiger partial charge in [-0.2, -0.15) is 0 Å². The normalized spacial score (nSPS) is 12.9. The highest BCUT2D eigenvalue weighted by atomic mass is 32.1. The number of Topliss-reactive ketones (excluding diaryl/α,β-unsaturated/α-hetero) is 1. The Kier molecular flexibility index (Phi) is 2.76. The average Bonchev–Trinajstić information content (AvgIpc) is 2.39. The summed E-state index contributed by atoms with van der Waals surface area (Å²) in [6.07, 6.45) is 2.66. The molecule has 0 spiro atoms. The fraction of sp³-hybridized carbons (Fsp3) is 0.500. The predicted octanol–water partition coefficient (Wildman–Crippen LogP) is 1.91. The fourth-order valence-corrected chi connectivity index (χ4v) is 1.51. The predicted molar refractivity (Wildman–Crippen MR) is 45.7 cm³/mol. The lowest BCUT2D eigenvalue weighted by atomic mass is 10.0. The summed E-state index contributed by atoms with van der Waals surface area (Å²) in [6, 6.07) is 0. The van der Waals surface area contributed by atoms with Gasteiger partial charge in [0.2, 0.25) is 0 Å². The minimum Gasteiger partial charge on any atom is -0.300 e. The van der Waals surface area contributed by atoms with E-state index in [0.29, 0.717) is 0 Å². The quantitative estimate of drug-likeness (QED) is 0.691. The van der Waals surface area contributed by atoms with E-state index in [9.17, 15) is 4.79 Å². The smallest absolute Gasteiger partial charge is 0.132 e. The lowest BCUT2D eigenvalue weighted by Crippen LogP contribution is -2.08. The van der Waals surface area contributed by atoms with E-state index < -0.39 is 0 Å². The first-order valence-electron chi connectivity index (χ1n) is 3.58. The van der Waals surface area contributed by atoms with Gasteiger partial charge in [-0.25, -0.2) is 0 Å². The van der Waals surface area contributed by atoms with Crippen LogP contribution in [0.4, 0.5) is 0 Å². The summed E-state index contributed by atoms with van der Waals surface area (Å²) in [5.41, 5.74) is 1.79. The molecule has 0 aliphatic heterocycles. The summed E-state index contributed by atoms with van der Waals surface area (Å²) < 4.78 is 0. The molecule has 0 fully saturated rings. The molecule has 1 unspecified atom stereocenters. The minimum absolute atomic E-state index is 0.135. The number of rotatable bonds is 3. The van der Waals surface area contributed by atoms with E-state index in [1.54, 1.807) is 23.8 Å². The van der Waals surface area contributed by atoms with Crippen molar-refractivity contribution in [3.8, 4) is 0 Å². The number of thiazole rings is 1. The Labute approximate surface area is 70.3 Å². The second-order valence-corrected chi connectivity index (χ2v) is 3.65. The first-order valence-corrected chi connectivity index (χ1v) is 4.46. The lowest BCUT2D eigenvalue weighted by Gasteiger charge is -2.02. The van der Waals surface area contributed by atoms with E-state index in [4.69, 9.17) is 0 Å². The number of hydrogen-bond acceptors (Lipinski definition) is 3. The van der Waals surface area contributed by atoms with E-state index in [1.165, 1.54) is 4.88 Å². The molecular formula is C8H11NOS.